The van der Waals surface area contributed by atoms with Crippen LogP contribution in [0.1, 0.15) is 39.7 Å². The van der Waals surface area contributed by atoms with Gasteiger partial charge in [-0.15, -0.1) is 10.2 Å². The fourth-order valence-electron chi connectivity index (χ4n) is 3.72. The second-order valence-electron chi connectivity index (χ2n) is 7.07. The maximum atomic E-state index is 13.5. The minimum Gasteiger partial charge on any atom is -0.450 e. The van der Waals surface area contributed by atoms with Gasteiger partial charge >= 0.3 is 0 Å². The highest BCUT2D eigenvalue weighted by molar-refractivity contribution is 9.10. The molecule has 1 aliphatic rings. The van der Waals surface area contributed by atoms with Crippen molar-refractivity contribution in [3.63, 3.8) is 0 Å². The monoisotopic (exact) mass is 512 g/mol. The Morgan fingerprint density at radius 2 is 1.94 bits per heavy atom. The van der Waals surface area contributed by atoms with E-state index in [4.69, 9.17) is 4.42 Å². The molecule has 4 aromatic rings. The first-order valence-electron chi connectivity index (χ1n) is 9.55. The van der Waals surface area contributed by atoms with E-state index in [-0.39, 0.29) is 22.4 Å². The van der Waals surface area contributed by atoms with E-state index in [0.29, 0.717) is 32.6 Å². The minimum atomic E-state index is -0.851. The average Bonchev–Trinajstić information content (AvgIpc) is 3.37. The quantitative estimate of drug-likeness (QED) is 0.288. The lowest BCUT2D eigenvalue weighted by Crippen LogP contribution is -2.29. The number of aromatic nitrogens is 2. The van der Waals surface area contributed by atoms with Gasteiger partial charge in [-0.2, -0.15) is 0 Å². The first-order valence-corrected chi connectivity index (χ1v) is 11.2. The number of aryl methyl sites for hydroxylation is 1. The molecule has 2 aromatic heterocycles. The summed E-state index contributed by atoms with van der Waals surface area (Å²) >= 11 is 4.61. The lowest BCUT2D eigenvalue weighted by atomic mass is 9.98. The maximum Gasteiger partial charge on any atom is 0.297 e. The number of carbonyl (C=O) groups excluding carboxylic acids is 1. The Labute approximate surface area is 192 Å². The highest BCUT2D eigenvalue weighted by atomic mass is 79.9. The average molecular weight is 513 g/mol. The molecule has 3 heterocycles. The molecule has 2 aromatic carbocycles. The van der Waals surface area contributed by atoms with Crippen LogP contribution in [0.3, 0.4) is 0 Å². The Kier molecular flexibility index (Phi) is 4.86. The van der Waals surface area contributed by atoms with Crippen LogP contribution in [0.5, 0.6) is 0 Å². The van der Waals surface area contributed by atoms with E-state index in [1.807, 2.05) is 6.92 Å². The van der Waals surface area contributed by atoms with Crippen molar-refractivity contribution in [2.24, 2.45) is 0 Å². The molecule has 0 aliphatic carbocycles. The molecule has 0 spiro atoms. The van der Waals surface area contributed by atoms with Gasteiger partial charge in [0.1, 0.15) is 10.6 Å². The van der Waals surface area contributed by atoms with Crippen LogP contribution < -0.4 is 10.3 Å². The van der Waals surface area contributed by atoms with E-state index in [0.717, 1.165) is 5.01 Å². The van der Waals surface area contributed by atoms with Crippen molar-refractivity contribution < 1.29 is 14.1 Å². The zero-order valence-corrected chi connectivity index (χ0v) is 18.8. The van der Waals surface area contributed by atoms with Crippen molar-refractivity contribution in [1.29, 1.82) is 0 Å². The molecule has 1 amide bonds. The number of non-ortho nitro benzene ring substituents is 1. The summed E-state index contributed by atoms with van der Waals surface area (Å²) in [5.41, 5.74) is 0.548. The van der Waals surface area contributed by atoms with Crippen LogP contribution in [0, 0.1) is 10.1 Å². The molecule has 32 heavy (non-hydrogen) atoms. The fraction of sp³-hybridized carbons (Fsp3) is 0.143. The number of rotatable bonds is 4. The lowest BCUT2D eigenvalue weighted by Gasteiger charge is -2.21. The summed E-state index contributed by atoms with van der Waals surface area (Å²) in [6.45, 7) is 1.92. The minimum absolute atomic E-state index is 0.0681. The molecule has 0 bridgehead atoms. The van der Waals surface area contributed by atoms with Gasteiger partial charge in [0, 0.05) is 16.6 Å². The van der Waals surface area contributed by atoms with Crippen LogP contribution in [-0.4, -0.2) is 21.0 Å². The van der Waals surface area contributed by atoms with Crippen molar-refractivity contribution in [2.75, 3.05) is 4.90 Å². The molecular formula is C21H13BrN4O5S. The summed E-state index contributed by atoms with van der Waals surface area (Å²) in [4.78, 5) is 38.9. The number of nitro benzene ring substituents is 1. The highest BCUT2D eigenvalue weighted by Gasteiger charge is 2.45. The third-order valence-electron chi connectivity index (χ3n) is 5.22. The van der Waals surface area contributed by atoms with E-state index in [2.05, 4.69) is 26.1 Å². The molecule has 1 unspecified atom stereocenters. The van der Waals surface area contributed by atoms with Crippen LogP contribution in [0.4, 0.5) is 10.8 Å². The largest absolute Gasteiger partial charge is 0.450 e. The van der Waals surface area contributed by atoms with Gasteiger partial charge in [0.15, 0.2) is 5.43 Å². The van der Waals surface area contributed by atoms with E-state index < -0.39 is 16.9 Å². The molecule has 1 aliphatic heterocycles. The summed E-state index contributed by atoms with van der Waals surface area (Å²) in [6.07, 6.45) is 0.643. The Morgan fingerprint density at radius 1 is 1.19 bits per heavy atom. The number of nitrogens with zero attached hydrogens (tertiary/aromatic N) is 4. The Bertz CT molecular complexity index is 1460. The van der Waals surface area contributed by atoms with Gasteiger partial charge in [0.05, 0.1) is 21.9 Å². The molecule has 0 saturated carbocycles. The zero-order valence-electron chi connectivity index (χ0n) is 16.4. The number of fused-ring (bicyclic) bond motifs is 2. The third-order valence-corrected chi connectivity index (χ3v) is 6.78. The molecule has 5 rings (SSSR count). The van der Waals surface area contributed by atoms with Crippen LogP contribution in [0.2, 0.25) is 0 Å². The van der Waals surface area contributed by atoms with Crippen molar-refractivity contribution in [3.05, 3.63) is 89.2 Å². The van der Waals surface area contributed by atoms with Gasteiger partial charge in [-0.05, 0) is 42.3 Å². The predicted molar refractivity (Wildman–Crippen MR) is 121 cm³/mol. The Balaban J connectivity index is 1.77. The molecule has 0 radical (unpaired) electrons. The Morgan fingerprint density at radius 3 is 2.59 bits per heavy atom. The molecule has 0 saturated heterocycles. The molecule has 160 valence electrons. The molecule has 0 N–H and O–H groups in total. The number of benzene rings is 2. The van der Waals surface area contributed by atoms with Crippen molar-refractivity contribution in [3.8, 4) is 0 Å². The summed E-state index contributed by atoms with van der Waals surface area (Å²) in [7, 11) is 0. The number of hydrogen-bond acceptors (Lipinski definition) is 8. The van der Waals surface area contributed by atoms with Gasteiger partial charge in [0.2, 0.25) is 10.9 Å². The molecule has 9 nitrogen and oxygen atoms in total. The van der Waals surface area contributed by atoms with Crippen LogP contribution in [0.15, 0.2) is 56.1 Å². The molecule has 11 heteroatoms. The first-order chi connectivity index (χ1) is 15.4. The fourth-order valence-corrected chi connectivity index (χ4v) is 4.89. The van der Waals surface area contributed by atoms with Crippen LogP contribution in [-0.2, 0) is 6.42 Å². The number of amides is 1. The van der Waals surface area contributed by atoms with Crippen LogP contribution in [0.25, 0.3) is 11.0 Å². The van der Waals surface area contributed by atoms with Gasteiger partial charge in [-0.3, -0.25) is 24.6 Å². The van der Waals surface area contributed by atoms with Crippen molar-refractivity contribution in [1.82, 2.24) is 10.2 Å². The van der Waals surface area contributed by atoms with Crippen molar-refractivity contribution >= 4 is 55.0 Å². The zero-order chi connectivity index (χ0) is 22.6. The third kappa shape index (κ3) is 3.12. The van der Waals surface area contributed by atoms with Gasteiger partial charge in [-0.1, -0.05) is 34.2 Å². The summed E-state index contributed by atoms with van der Waals surface area (Å²) in [6, 6.07) is 9.88. The summed E-state index contributed by atoms with van der Waals surface area (Å²) < 4.78 is 6.58. The maximum absolute atomic E-state index is 13.5. The second-order valence-corrected chi connectivity index (χ2v) is 9.03. The van der Waals surface area contributed by atoms with Crippen LogP contribution >= 0.6 is 27.3 Å². The second kappa shape index (κ2) is 7.61. The number of nitro groups is 1. The van der Waals surface area contributed by atoms with E-state index in [1.165, 1.54) is 40.5 Å². The van der Waals surface area contributed by atoms with E-state index in [1.54, 1.807) is 18.2 Å². The van der Waals surface area contributed by atoms with Gasteiger partial charge in [-0.25, -0.2) is 0 Å². The highest BCUT2D eigenvalue weighted by Crippen LogP contribution is 2.42. The first kappa shape index (κ1) is 20.5. The number of hydrogen-bond donors (Lipinski definition) is 0. The van der Waals surface area contributed by atoms with E-state index >= 15 is 0 Å². The molecular weight excluding hydrogens is 500 g/mol. The standard InChI is InChI=1S/C21H13BrN4O5S/c1-2-15-23-24-21(32-15)25-17(10-3-6-12(7-4-10)26(29)30)16-18(27)13-9-11(22)5-8-14(13)31-19(16)20(25)28/h3-9,17H,2H2,1H3. The SMILES string of the molecule is CCc1nnc(N2C(=O)c3oc4ccc(Br)cc4c(=O)c3C2c2ccc([N+](=O)[O-])cc2)s1. The molecule has 0 fully saturated rings. The number of carbonyl (C=O) groups is 1. The van der Waals surface area contributed by atoms with E-state index in [9.17, 15) is 19.7 Å². The summed E-state index contributed by atoms with van der Waals surface area (Å²) in [5.74, 6) is -0.578. The Hall–Kier alpha value is -3.44. The number of anilines is 1. The van der Waals surface area contributed by atoms with Gasteiger partial charge < -0.3 is 4.42 Å². The molecule has 1 atom stereocenters. The predicted octanol–water partition coefficient (Wildman–Crippen LogP) is 4.63. The van der Waals surface area contributed by atoms with Gasteiger partial charge in [0.25, 0.3) is 11.6 Å². The normalized spacial score (nSPS) is 15.4. The topological polar surface area (TPSA) is 119 Å². The lowest BCUT2D eigenvalue weighted by molar-refractivity contribution is -0.384. The number of halogens is 1. The smallest absolute Gasteiger partial charge is 0.297 e. The van der Waals surface area contributed by atoms with Crippen molar-refractivity contribution in [2.45, 2.75) is 19.4 Å². The summed E-state index contributed by atoms with van der Waals surface area (Å²) in [5, 5.41) is 20.7.